The third-order valence-corrected chi connectivity index (χ3v) is 4.38. The molecule has 1 saturated carbocycles. The van der Waals surface area contributed by atoms with Crippen molar-refractivity contribution < 1.29 is 14.7 Å². The molecule has 1 aliphatic carbocycles. The van der Waals surface area contributed by atoms with E-state index in [-0.39, 0.29) is 11.5 Å². The number of aromatic hydroxyl groups is 2. The summed E-state index contributed by atoms with van der Waals surface area (Å²) in [5.74, 6) is 2.23. The van der Waals surface area contributed by atoms with E-state index in [1.807, 2.05) is 0 Å². The SMILES string of the molecule is CCC1CCC(c2noc(-c3cc(O)cc(O)c3)n2)CC1. The van der Waals surface area contributed by atoms with Crippen LogP contribution < -0.4 is 0 Å². The topological polar surface area (TPSA) is 79.4 Å². The van der Waals surface area contributed by atoms with E-state index in [2.05, 4.69) is 17.1 Å². The van der Waals surface area contributed by atoms with Gasteiger partial charge in [-0.05, 0) is 43.7 Å². The Labute approximate surface area is 123 Å². The highest BCUT2D eigenvalue weighted by molar-refractivity contribution is 5.58. The number of hydrogen-bond donors (Lipinski definition) is 2. The minimum absolute atomic E-state index is 0.0202. The van der Waals surface area contributed by atoms with Crippen LogP contribution in [0.1, 0.15) is 50.8 Å². The van der Waals surface area contributed by atoms with Gasteiger partial charge in [0.05, 0.1) is 0 Å². The Morgan fingerprint density at radius 1 is 1.10 bits per heavy atom. The molecule has 0 bridgehead atoms. The fraction of sp³-hybridized carbons (Fsp3) is 0.500. The van der Waals surface area contributed by atoms with E-state index in [9.17, 15) is 10.2 Å². The molecule has 2 aromatic rings. The van der Waals surface area contributed by atoms with Crippen molar-refractivity contribution in [2.24, 2.45) is 5.92 Å². The molecular formula is C16H20N2O3. The second kappa shape index (κ2) is 5.76. The number of phenols is 2. The van der Waals surface area contributed by atoms with Crippen LogP contribution >= 0.6 is 0 Å². The first-order valence-electron chi connectivity index (χ1n) is 7.52. The standard InChI is InChI=1S/C16H20N2O3/c1-2-10-3-5-11(6-4-10)15-17-16(21-18-15)12-7-13(19)9-14(20)8-12/h7-11,19-20H,2-6H2,1H3. The maximum absolute atomic E-state index is 9.52. The van der Waals surface area contributed by atoms with E-state index < -0.39 is 0 Å². The Balaban J connectivity index is 1.77. The van der Waals surface area contributed by atoms with Gasteiger partial charge in [0.2, 0.25) is 0 Å². The van der Waals surface area contributed by atoms with Gasteiger partial charge in [0.25, 0.3) is 5.89 Å². The van der Waals surface area contributed by atoms with Gasteiger partial charge in [-0.1, -0.05) is 18.5 Å². The molecule has 1 fully saturated rings. The van der Waals surface area contributed by atoms with Gasteiger partial charge in [-0.3, -0.25) is 0 Å². The first-order chi connectivity index (χ1) is 10.2. The molecular weight excluding hydrogens is 268 g/mol. The molecule has 2 N–H and O–H groups in total. The van der Waals surface area contributed by atoms with E-state index in [1.54, 1.807) is 0 Å². The van der Waals surface area contributed by atoms with Crippen molar-refractivity contribution in [3.63, 3.8) is 0 Å². The molecule has 0 saturated heterocycles. The molecule has 0 unspecified atom stereocenters. The van der Waals surface area contributed by atoms with Gasteiger partial charge >= 0.3 is 0 Å². The highest BCUT2D eigenvalue weighted by atomic mass is 16.5. The summed E-state index contributed by atoms with van der Waals surface area (Å²) in [4.78, 5) is 4.44. The van der Waals surface area contributed by atoms with Gasteiger partial charge in [0, 0.05) is 17.5 Å². The first-order valence-corrected chi connectivity index (χ1v) is 7.52. The van der Waals surface area contributed by atoms with E-state index in [0.717, 1.165) is 24.6 Å². The van der Waals surface area contributed by atoms with E-state index >= 15 is 0 Å². The molecule has 3 rings (SSSR count). The number of nitrogens with zero attached hydrogens (tertiary/aromatic N) is 2. The number of aromatic nitrogens is 2. The lowest BCUT2D eigenvalue weighted by Gasteiger charge is -2.25. The molecule has 1 aromatic heterocycles. The quantitative estimate of drug-likeness (QED) is 0.897. The zero-order chi connectivity index (χ0) is 14.8. The highest BCUT2D eigenvalue weighted by Crippen LogP contribution is 2.36. The van der Waals surface area contributed by atoms with Gasteiger partial charge in [-0.2, -0.15) is 4.98 Å². The van der Waals surface area contributed by atoms with Crippen LogP contribution in [-0.4, -0.2) is 20.4 Å². The lowest BCUT2D eigenvalue weighted by molar-refractivity contribution is 0.305. The molecule has 1 heterocycles. The molecule has 5 heteroatoms. The Hall–Kier alpha value is -2.04. The maximum Gasteiger partial charge on any atom is 0.258 e. The van der Waals surface area contributed by atoms with Gasteiger partial charge in [0.15, 0.2) is 5.82 Å². The van der Waals surface area contributed by atoms with Crippen molar-refractivity contribution in [3.05, 3.63) is 24.0 Å². The number of rotatable bonds is 3. The zero-order valence-electron chi connectivity index (χ0n) is 12.1. The van der Waals surface area contributed by atoms with Crippen LogP contribution in [0.15, 0.2) is 22.7 Å². The lowest BCUT2D eigenvalue weighted by Crippen LogP contribution is -2.13. The Bertz CT molecular complexity index is 595. The average molecular weight is 288 g/mol. The molecule has 0 atom stereocenters. The molecule has 112 valence electrons. The maximum atomic E-state index is 9.52. The largest absolute Gasteiger partial charge is 0.508 e. The minimum atomic E-state index is -0.0202. The Morgan fingerprint density at radius 2 is 1.76 bits per heavy atom. The third-order valence-electron chi connectivity index (χ3n) is 4.38. The fourth-order valence-electron chi connectivity index (χ4n) is 3.07. The van der Waals surface area contributed by atoms with Crippen LogP contribution in [0.3, 0.4) is 0 Å². The fourth-order valence-corrected chi connectivity index (χ4v) is 3.07. The van der Waals surface area contributed by atoms with E-state index in [1.165, 1.54) is 37.5 Å². The van der Waals surface area contributed by atoms with Crippen LogP contribution in [0.2, 0.25) is 0 Å². The van der Waals surface area contributed by atoms with Crippen molar-refractivity contribution in [3.8, 4) is 23.0 Å². The Morgan fingerprint density at radius 3 is 2.38 bits per heavy atom. The summed E-state index contributed by atoms with van der Waals surface area (Å²) in [6.45, 7) is 2.24. The van der Waals surface area contributed by atoms with Gasteiger partial charge < -0.3 is 14.7 Å². The van der Waals surface area contributed by atoms with Gasteiger partial charge in [-0.25, -0.2) is 0 Å². The Kier molecular flexibility index (Phi) is 3.82. The number of benzene rings is 1. The first kappa shape index (κ1) is 13.9. The molecule has 21 heavy (non-hydrogen) atoms. The van der Waals surface area contributed by atoms with Crippen LogP contribution in [-0.2, 0) is 0 Å². The van der Waals surface area contributed by atoms with Crippen LogP contribution in [0.25, 0.3) is 11.5 Å². The summed E-state index contributed by atoms with van der Waals surface area (Å²) in [6.07, 6.45) is 5.88. The van der Waals surface area contributed by atoms with Crippen molar-refractivity contribution in [1.82, 2.24) is 10.1 Å². The van der Waals surface area contributed by atoms with Crippen LogP contribution in [0.5, 0.6) is 11.5 Å². The molecule has 1 aromatic carbocycles. The predicted molar refractivity (Wildman–Crippen MR) is 78.1 cm³/mol. The summed E-state index contributed by atoms with van der Waals surface area (Å²) < 4.78 is 5.28. The van der Waals surface area contributed by atoms with E-state index in [4.69, 9.17) is 4.52 Å². The molecule has 0 aliphatic heterocycles. The monoisotopic (exact) mass is 288 g/mol. The molecule has 0 amide bonds. The number of phenolic OH excluding ortho intramolecular Hbond substituents is 2. The molecule has 0 radical (unpaired) electrons. The number of hydrogen-bond acceptors (Lipinski definition) is 5. The molecule has 1 aliphatic rings. The summed E-state index contributed by atoms with van der Waals surface area (Å²) in [7, 11) is 0. The van der Waals surface area contributed by atoms with Crippen molar-refractivity contribution in [2.45, 2.75) is 44.9 Å². The average Bonchev–Trinajstić information content (AvgIpc) is 2.96. The van der Waals surface area contributed by atoms with Crippen molar-refractivity contribution >= 4 is 0 Å². The van der Waals surface area contributed by atoms with Gasteiger partial charge in [-0.15, -0.1) is 0 Å². The summed E-state index contributed by atoms with van der Waals surface area (Å²) in [5.41, 5.74) is 0.536. The summed E-state index contributed by atoms with van der Waals surface area (Å²) in [5, 5.41) is 23.1. The molecule has 0 spiro atoms. The predicted octanol–water partition coefficient (Wildman–Crippen LogP) is 3.83. The van der Waals surface area contributed by atoms with Crippen LogP contribution in [0.4, 0.5) is 0 Å². The smallest absolute Gasteiger partial charge is 0.258 e. The second-order valence-corrected chi connectivity index (χ2v) is 5.82. The highest BCUT2D eigenvalue weighted by Gasteiger charge is 2.25. The second-order valence-electron chi connectivity index (χ2n) is 5.82. The third kappa shape index (κ3) is 3.01. The normalized spacial score (nSPS) is 22.3. The van der Waals surface area contributed by atoms with Crippen LogP contribution in [0, 0.1) is 5.92 Å². The molecule has 5 nitrogen and oxygen atoms in total. The zero-order valence-corrected chi connectivity index (χ0v) is 12.1. The lowest BCUT2D eigenvalue weighted by atomic mass is 9.80. The van der Waals surface area contributed by atoms with Crippen molar-refractivity contribution in [1.29, 1.82) is 0 Å². The summed E-state index contributed by atoms with van der Waals surface area (Å²) in [6, 6.07) is 4.28. The van der Waals surface area contributed by atoms with E-state index in [0.29, 0.717) is 17.4 Å². The minimum Gasteiger partial charge on any atom is -0.508 e. The van der Waals surface area contributed by atoms with Crippen molar-refractivity contribution in [2.75, 3.05) is 0 Å². The van der Waals surface area contributed by atoms with Gasteiger partial charge in [0.1, 0.15) is 11.5 Å². The summed E-state index contributed by atoms with van der Waals surface area (Å²) >= 11 is 0.